The smallest absolute Gasteiger partial charge is 0.315 e. The quantitative estimate of drug-likeness (QED) is 0.469. The molecule has 0 saturated carbocycles. The summed E-state index contributed by atoms with van der Waals surface area (Å²) in [6.45, 7) is 0.383. The summed E-state index contributed by atoms with van der Waals surface area (Å²) in [6.07, 6.45) is 0.655. The predicted molar refractivity (Wildman–Crippen MR) is 89.4 cm³/mol. The van der Waals surface area contributed by atoms with Gasteiger partial charge in [0.15, 0.2) is 0 Å². The lowest BCUT2D eigenvalue weighted by molar-refractivity contribution is -0.137. The number of benzene rings is 1. The van der Waals surface area contributed by atoms with Crippen LogP contribution in [0.1, 0.15) is 23.1 Å². The SMILES string of the molecule is O=C(/C=C/c1cccn(CCCc2ccc(C(F)(F)F)cc2)c1=O)NO. The number of nitrogens with one attached hydrogen (secondary N) is 1. The minimum Gasteiger partial charge on any atom is -0.315 e. The van der Waals surface area contributed by atoms with Crippen LogP contribution < -0.4 is 11.0 Å². The highest BCUT2D eigenvalue weighted by molar-refractivity contribution is 5.90. The molecule has 0 aliphatic rings. The minimum absolute atomic E-state index is 0.283. The summed E-state index contributed by atoms with van der Waals surface area (Å²) < 4.78 is 39.0. The van der Waals surface area contributed by atoms with E-state index < -0.39 is 17.6 Å². The van der Waals surface area contributed by atoms with Crippen LogP contribution in [0.15, 0.2) is 53.5 Å². The molecule has 1 amide bonds. The van der Waals surface area contributed by atoms with Crippen molar-refractivity contribution in [2.45, 2.75) is 25.6 Å². The number of hydrogen-bond donors (Lipinski definition) is 2. The van der Waals surface area contributed by atoms with Crippen molar-refractivity contribution >= 4 is 12.0 Å². The van der Waals surface area contributed by atoms with Gasteiger partial charge in [0.1, 0.15) is 0 Å². The number of alkyl halides is 3. The van der Waals surface area contributed by atoms with Crippen molar-refractivity contribution < 1.29 is 23.2 Å². The van der Waals surface area contributed by atoms with Crippen molar-refractivity contribution in [1.82, 2.24) is 10.0 Å². The molecule has 0 spiro atoms. The van der Waals surface area contributed by atoms with Crippen LogP contribution >= 0.6 is 0 Å². The number of carbonyl (C=O) groups is 1. The predicted octanol–water partition coefficient (Wildman–Crippen LogP) is 3.02. The topological polar surface area (TPSA) is 71.3 Å². The van der Waals surface area contributed by atoms with Gasteiger partial charge in [0.25, 0.3) is 11.5 Å². The Kier molecular flexibility index (Phi) is 6.35. The molecule has 0 bridgehead atoms. The van der Waals surface area contributed by atoms with Crippen LogP contribution in [0.4, 0.5) is 13.2 Å². The number of hydroxylamine groups is 1. The fourth-order valence-corrected chi connectivity index (χ4v) is 2.37. The fourth-order valence-electron chi connectivity index (χ4n) is 2.37. The van der Waals surface area contributed by atoms with Gasteiger partial charge in [0.2, 0.25) is 0 Å². The highest BCUT2D eigenvalue weighted by Gasteiger charge is 2.29. The third-order valence-electron chi connectivity index (χ3n) is 3.72. The van der Waals surface area contributed by atoms with Gasteiger partial charge in [-0.2, -0.15) is 13.2 Å². The average molecular weight is 366 g/mol. The van der Waals surface area contributed by atoms with Crippen LogP contribution in [0.3, 0.4) is 0 Å². The van der Waals surface area contributed by atoms with E-state index >= 15 is 0 Å². The maximum Gasteiger partial charge on any atom is 0.416 e. The zero-order chi connectivity index (χ0) is 19.2. The molecule has 138 valence electrons. The molecule has 5 nitrogen and oxygen atoms in total. The van der Waals surface area contributed by atoms with Crippen LogP contribution in [-0.2, 0) is 23.9 Å². The Morgan fingerprint density at radius 1 is 1.19 bits per heavy atom. The zero-order valence-corrected chi connectivity index (χ0v) is 13.7. The Balaban J connectivity index is 1.99. The second-order valence-corrected chi connectivity index (χ2v) is 5.57. The number of aromatic nitrogens is 1. The number of carbonyl (C=O) groups excluding carboxylic acids is 1. The molecule has 2 aromatic rings. The molecule has 1 aromatic carbocycles. The van der Waals surface area contributed by atoms with E-state index in [1.165, 1.54) is 34.3 Å². The van der Waals surface area contributed by atoms with Gasteiger partial charge in [-0.15, -0.1) is 0 Å². The normalized spacial score (nSPS) is 11.7. The summed E-state index contributed by atoms with van der Waals surface area (Å²) in [6, 6.07) is 8.13. The Labute approximate surface area is 147 Å². The molecule has 0 atom stereocenters. The molecular formula is C18H17F3N2O3. The molecule has 2 rings (SSSR count). The highest BCUT2D eigenvalue weighted by atomic mass is 19.4. The zero-order valence-electron chi connectivity index (χ0n) is 13.7. The van der Waals surface area contributed by atoms with Gasteiger partial charge in [-0.25, -0.2) is 5.48 Å². The van der Waals surface area contributed by atoms with E-state index in [0.717, 1.165) is 23.8 Å². The second-order valence-electron chi connectivity index (χ2n) is 5.57. The third kappa shape index (κ3) is 5.32. The Morgan fingerprint density at radius 3 is 2.50 bits per heavy atom. The number of hydrogen-bond acceptors (Lipinski definition) is 3. The second kappa shape index (κ2) is 8.48. The van der Waals surface area contributed by atoms with Crippen LogP contribution in [0, 0.1) is 0 Å². The van der Waals surface area contributed by atoms with Gasteiger partial charge in [0, 0.05) is 24.4 Å². The molecular weight excluding hydrogens is 349 g/mol. The van der Waals surface area contributed by atoms with Gasteiger partial charge in [-0.05, 0) is 48.7 Å². The van der Waals surface area contributed by atoms with Gasteiger partial charge < -0.3 is 4.57 Å². The summed E-state index contributed by atoms with van der Waals surface area (Å²) in [5.74, 6) is -0.748. The molecule has 0 unspecified atom stereocenters. The summed E-state index contributed by atoms with van der Waals surface area (Å²) in [7, 11) is 0. The number of rotatable bonds is 6. The summed E-state index contributed by atoms with van der Waals surface area (Å²) in [5.41, 5.74) is 1.47. The van der Waals surface area contributed by atoms with Crippen molar-refractivity contribution in [2.24, 2.45) is 0 Å². The largest absolute Gasteiger partial charge is 0.416 e. The third-order valence-corrected chi connectivity index (χ3v) is 3.72. The van der Waals surface area contributed by atoms with E-state index in [1.807, 2.05) is 0 Å². The van der Waals surface area contributed by atoms with Crippen LogP contribution in [0.2, 0.25) is 0 Å². The maximum absolute atomic E-state index is 12.5. The van der Waals surface area contributed by atoms with Crippen LogP contribution in [0.5, 0.6) is 0 Å². The first-order chi connectivity index (χ1) is 12.3. The molecule has 0 aliphatic heterocycles. The number of pyridine rings is 1. The van der Waals surface area contributed by atoms with Gasteiger partial charge in [-0.3, -0.25) is 14.8 Å². The van der Waals surface area contributed by atoms with E-state index in [2.05, 4.69) is 0 Å². The van der Waals surface area contributed by atoms with E-state index in [1.54, 1.807) is 12.3 Å². The average Bonchev–Trinajstić information content (AvgIpc) is 2.61. The van der Waals surface area contributed by atoms with Crippen molar-refractivity contribution in [3.05, 3.63) is 75.7 Å². The number of nitrogens with zero attached hydrogens (tertiary/aromatic N) is 1. The molecule has 8 heteroatoms. The first kappa shape index (κ1) is 19.5. The van der Waals surface area contributed by atoms with Crippen LogP contribution in [0.25, 0.3) is 6.08 Å². The Hall–Kier alpha value is -2.87. The highest BCUT2D eigenvalue weighted by Crippen LogP contribution is 2.29. The lowest BCUT2D eigenvalue weighted by Gasteiger charge is -2.09. The van der Waals surface area contributed by atoms with Crippen molar-refractivity contribution in [3.8, 4) is 0 Å². The lowest BCUT2D eigenvalue weighted by atomic mass is 10.1. The van der Waals surface area contributed by atoms with E-state index in [9.17, 15) is 22.8 Å². The number of amides is 1. The first-order valence-electron chi connectivity index (χ1n) is 7.79. The fraction of sp³-hybridized carbons (Fsp3) is 0.222. The lowest BCUT2D eigenvalue weighted by Crippen LogP contribution is -2.22. The summed E-state index contributed by atoms with van der Waals surface area (Å²) >= 11 is 0. The molecule has 0 aliphatic carbocycles. The molecule has 26 heavy (non-hydrogen) atoms. The Morgan fingerprint density at radius 2 is 1.88 bits per heavy atom. The van der Waals surface area contributed by atoms with Crippen LogP contribution in [-0.4, -0.2) is 15.7 Å². The monoisotopic (exact) mass is 366 g/mol. The minimum atomic E-state index is -4.35. The molecule has 1 heterocycles. The van der Waals surface area contributed by atoms with Gasteiger partial charge >= 0.3 is 6.18 Å². The first-order valence-corrected chi connectivity index (χ1v) is 7.79. The Bertz CT molecular complexity index is 840. The number of halogens is 3. The van der Waals surface area contributed by atoms with E-state index in [0.29, 0.717) is 19.4 Å². The molecule has 2 N–H and O–H groups in total. The number of aryl methyl sites for hydroxylation is 2. The summed E-state index contributed by atoms with van der Waals surface area (Å²) in [4.78, 5) is 23.2. The molecule has 0 radical (unpaired) electrons. The standard InChI is InChI=1S/C18H17F3N2O3/c19-18(20,21)15-8-5-13(6-9-15)3-1-11-23-12-2-4-14(17(23)25)7-10-16(24)22-26/h2,4-10,12,26H,1,3,11H2,(H,22,24)/b10-7+. The van der Waals surface area contributed by atoms with E-state index in [-0.39, 0.29) is 11.1 Å². The van der Waals surface area contributed by atoms with Crippen molar-refractivity contribution in [1.29, 1.82) is 0 Å². The molecule has 1 aromatic heterocycles. The molecule has 0 fully saturated rings. The van der Waals surface area contributed by atoms with Gasteiger partial charge in [-0.1, -0.05) is 12.1 Å². The molecule has 0 saturated heterocycles. The maximum atomic E-state index is 12.5. The van der Waals surface area contributed by atoms with Crippen molar-refractivity contribution in [3.63, 3.8) is 0 Å². The van der Waals surface area contributed by atoms with Gasteiger partial charge in [0.05, 0.1) is 5.56 Å². The van der Waals surface area contributed by atoms with E-state index in [4.69, 9.17) is 5.21 Å². The summed E-state index contributed by atoms with van der Waals surface area (Å²) in [5, 5.41) is 8.43. The van der Waals surface area contributed by atoms with Crippen molar-refractivity contribution in [2.75, 3.05) is 0 Å².